The Hall–Kier alpha value is -0.870. The molecule has 0 spiro atoms. The molecule has 0 N–H and O–H groups in total. The van der Waals surface area contributed by atoms with Crippen molar-refractivity contribution in [3.05, 3.63) is 12.2 Å². The van der Waals surface area contributed by atoms with E-state index in [0.29, 0.717) is 26.1 Å². The predicted molar refractivity (Wildman–Crippen MR) is 43.9 cm³/mol. The maximum Gasteiger partial charge on any atom is 0.0983 e. The summed E-state index contributed by atoms with van der Waals surface area (Å²) in [6.07, 6.45) is 1.05. The van der Waals surface area contributed by atoms with Gasteiger partial charge < -0.3 is 19.4 Å². The highest BCUT2D eigenvalue weighted by atomic mass is 16.5. The minimum absolute atomic E-state index is 0.0123. The zero-order chi connectivity index (χ0) is 9.90. The van der Waals surface area contributed by atoms with Crippen molar-refractivity contribution < 1.29 is 19.4 Å². The summed E-state index contributed by atoms with van der Waals surface area (Å²) < 4.78 is 10.3. The molecule has 0 aromatic heterocycles. The van der Waals surface area contributed by atoms with E-state index in [-0.39, 0.29) is 5.57 Å². The van der Waals surface area contributed by atoms with Crippen molar-refractivity contribution in [2.45, 2.75) is 18.4 Å². The second kappa shape index (κ2) is 3.89. The van der Waals surface area contributed by atoms with Gasteiger partial charge in [-0.15, -0.1) is 0 Å². The molecule has 74 valence electrons. The van der Waals surface area contributed by atoms with Crippen molar-refractivity contribution in [3.63, 3.8) is 0 Å². The number of hydrogen-bond acceptors (Lipinski definition) is 4. The minimum Gasteiger partial charge on any atom is -0.545 e. The van der Waals surface area contributed by atoms with Gasteiger partial charge in [-0.25, -0.2) is 0 Å². The van der Waals surface area contributed by atoms with Gasteiger partial charge in [-0.2, -0.15) is 0 Å². The van der Waals surface area contributed by atoms with Gasteiger partial charge in [0.05, 0.1) is 11.6 Å². The van der Waals surface area contributed by atoms with Gasteiger partial charge in [-0.05, 0) is 5.57 Å². The van der Waals surface area contributed by atoms with Crippen molar-refractivity contribution in [1.29, 1.82) is 0 Å². The second-order valence-corrected chi connectivity index (χ2v) is 3.08. The van der Waals surface area contributed by atoms with Gasteiger partial charge >= 0.3 is 0 Å². The van der Waals surface area contributed by atoms with E-state index < -0.39 is 11.6 Å². The number of methoxy groups -OCH3 is 1. The van der Waals surface area contributed by atoms with Crippen LogP contribution < -0.4 is 5.11 Å². The summed E-state index contributed by atoms with van der Waals surface area (Å²) in [5.74, 6) is -1.25. The summed E-state index contributed by atoms with van der Waals surface area (Å²) in [7, 11) is 1.49. The van der Waals surface area contributed by atoms with E-state index in [9.17, 15) is 9.90 Å². The summed E-state index contributed by atoms with van der Waals surface area (Å²) in [5.41, 5.74) is -0.768. The van der Waals surface area contributed by atoms with E-state index in [1.165, 1.54) is 7.11 Å². The van der Waals surface area contributed by atoms with Gasteiger partial charge in [-0.1, -0.05) is 6.58 Å². The smallest absolute Gasteiger partial charge is 0.0983 e. The lowest BCUT2D eigenvalue weighted by Gasteiger charge is -2.37. The van der Waals surface area contributed by atoms with Gasteiger partial charge in [0.2, 0.25) is 0 Å². The van der Waals surface area contributed by atoms with Gasteiger partial charge in [0.1, 0.15) is 0 Å². The molecule has 13 heavy (non-hydrogen) atoms. The highest BCUT2D eigenvalue weighted by molar-refractivity contribution is 5.86. The topological polar surface area (TPSA) is 58.6 Å². The molecule has 1 saturated heterocycles. The fourth-order valence-corrected chi connectivity index (χ4v) is 1.52. The van der Waals surface area contributed by atoms with Gasteiger partial charge in [0, 0.05) is 33.2 Å². The first-order valence-electron chi connectivity index (χ1n) is 4.16. The average molecular weight is 185 g/mol. The van der Waals surface area contributed by atoms with E-state index in [2.05, 4.69) is 6.58 Å². The first kappa shape index (κ1) is 10.2. The molecule has 0 aromatic carbocycles. The maximum atomic E-state index is 10.6. The number of aliphatic carboxylic acids is 1. The zero-order valence-electron chi connectivity index (χ0n) is 7.67. The largest absolute Gasteiger partial charge is 0.545 e. The van der Waals surface area contributed by atoms with Crippen LogP contribution >= 0.6 is 0 Å². The van der Waals surface area contributed by atoms with E-state index in [1.54, 1.807) is 0 Å². The van der Waals surface area contributed by atoms with Crippen LogP contribution in [0.2, 0.25) is 0 Å². The Labute approximate surface area is 77.1 Å². The number of rotatable bonds is 3. The second-order valence-electron chi connectivity index (χ2n) is 3.08. The van der Waals surface area contributed by atoms with Gasteiger partial charge in [-0.3, -0.25) is 0 Å². The number of hydrogen-bond donors (Lipinski definition) is 0. The third kappa shape index (κ3) is 1.89. The number of carbonyl (C=O) groups excluding carboxylic acids is 1. The fraction of sp³-hybridized carbons (Fsp3) is 0.667. The highest BCUT2D eigenvalue weighted by Crippen LogP contribution is 2.30. The normalized spacial score (nSPS) is 21.0. The highest BCUT2D eigenvalue weighted by Gasteiger charge is 2.35. The molecular weight excluding hydrogens is 172 g/mol. The molecule has 0 bridgehead atoms. The van der Waals surface area contributed by atoms with Crippen molar-refractivity contribution in [1.82, 2.24) is 0 Å². The molecule has 0 unspecified atom stereocenters. The van der Waals surface area contributed by atoms with E-state index in [4.69, 9.17) is 9.47 Å². The average Bonchev–Trinajstić information content (AvgIpc) is 2.17. The standard InChI is InChI=1S/C9H14O4/c1-7(8(10)11)9(12-2)3-5-13-6-4-9/h1,3-6H2,2H3,(H,10,11)/p-1. The van der Waals surface area contributed by atoms with E-state index in [0.717, 1.165) is 0 Å². The summed E-state index contributed by atoms with van der Waals surface area (Å²) >= 11 is 0. The molecule has 4 nitrogen and oxygen atoms in total. The van der Waals surface area contributed by atoms with Crippen molar-refractivity contribution in [2.75, 3.05) is 20.3 Å². The van der Waals surface area contributed by atoms with Crippen molar-refractivity contribution in [3.8, 4) is 0 Å². The van der Waals surface area contributed by atoms with Crippen LogP contribution in [0, 0.1) is 0 Å². The Kier molecular flexibility index (Phi) is 3.06. The Balaban J connectivity index is 2.78. The molecule has 1 heterocycles. The predicted octanol–water partition coefficient (Wildman–Crippen LogP) is -0.512. The molecule has 1 fully saturated rings. The van der Waals surface area contributed by atoms with Crippen LogP contribution in [0.15, 0.2) is 12.2 Å². The Morgan fingerprint density at radius 2 is 2.08 bits per heavy atom. The van der Waals surface area contributed by atoms with Crippen LogP contribution in [0.5, 0.6) is 0 Å². The Morgan fingerprint density at radius 1 is 1.54 bits per heavy atom. The van der Waals surface area contributed by atoms with Crippen LogP contribution in [-0.4, -0.2) is 31.9 Å². The van der Waals surface area contributed by atoms with Crippen molar-refractivity contribution in [2.24, 2.45) is 0 Å². The number of ether oxygens (including phenoxy) is 2. The lowest BCUT2D eigenvalue weighted by atomic mass is 9.86. The lowest BCUT2D eigenvalue weighted by molar-refractivity contribution is -0.301. The quantitative estimate of drug-likeness (QED) is 0.555. The number of carboxylic acids is 1. The van der Waals surface area contributed by atoms with Crippen LogP contribution in [-0.2, 0) is 14.3 Å². The monoisotopic (exact) mass is 185 g/mol. The molecule has 0 saturated carbocycles. The molecule has 1 rings (SSSR count). The van der Waals surface area contributed by atoms with E-state index in [1.807, 2.05) is 0 Å². The van der Waals surface area contributed by atoms with Crippen molar-refractivity contribution >= 4 is 5.97 Å². The van der Waals surface area contributed by atoms with Crippen LogP contribution in [0.4, 0.5) is 0 Å². The fourth-order valence-electron chi connectivity index (χ4n) is 1.52. The minimum atomic E-state index is -1.25. The number of carbonyl (C=O) groups is 1. The molecule has 0 atom stereocenters. The summed E-state index contributed by atoms with van der Waals surface area (Å²) in [6.45, 7) is 4.48. The SMILES string of the molecule is C=C(C(=O)[O-])C1(OC)CCOCC1. The molecule has 0 radical (unpaired) electrons. The van der Waals surface area contributed by atoms with Crippen LogP contribution in [0.25, 0.3) is 0 Å². The summed E-state index contributed by atoms with van der Waals surface area (Å²) in [5, 5.41) is 10.6. The van der Waals surface area contributed by atoms with Gasteiger partial charge in [0.15, 0.2) is 0 Å². The third-order valence-corrected chi connectivity index (χ3v) is 2.49. The first-order chi connectivity index (χ1) is 6.12. The molecule has 0 aliphatic carbocycles. The Bertz CT molecular complexity index is 216. The summed E-state index contributed by atoms with van der Waals surface area (Å²) in [4.78, 5) is 10.6. The molecule has 0 aromatic rings. The van der Waals surface area contributed by atoms with Gasteiger partial charge in [0.25, 0.3) is 0 Å². The van der Waals surface area contributed by atoms with Crippen LogP contribution in [0.1, 0.15) is 12.8 Å². The molecule has 1 aliphatic heterocycles. The molecular formula is C9H13O4-. The lowest BCUT2D eigenvalue weighted by Crippen LogP contribution is -2.45. The Morgan fingerprint density at radius 3 is 2.46 bits per heavy atom. The van der Waals surface area contributed by atoms with Crippen LogP contribution in [0.3, 0.4) is 0 Å². The first-order valence-corrected chi connectivity index (χ1v) is 4.16. The zero-order valence-corrected chi connectivity index (χ0v) is 7.67. The number of carboxylic acid groups (broad SMARTS) is 1. The summed E-state index contributed by atoms with van der Waals surface area (Å²) in [6, 6.07) is 0. The molecule has 1 aliphatic rings. The molecule has 4 heteroatoms. The molecule has 0 amide bonds. The van der Waals surface area contributed by atoms with E-state index >= 15 is 0 Å². The third-order valence-electron chi connectivity index (χ3n) is 2.49. The maximum absolute atomic E-state index is 10.6.